The third kappa shape index (κ3) is 2.55. The molecule has 0 saturated heterocycles. The van der Waals surface area contributed by atoms with Crippen LogP contribution in [0.5, 0.6) is 5.75 Å². The van der Waals surface area contributed by atoms with E-state index in [1.807, 2.05) is 18.2 Å². The van der Waals surface area contributed by atoms with Gasteiger partial charge in [-0.2, -0.15) is 0 Å². The Kier molecular flexibility index (Phi) is 3.73. The van der Waals surface area contributed by atoms with Gasteiger partial charge in [0, 0.05) is 22.5 Å². The first-order valence-electron chi connectivity index (χ1n) is 7.07. The lowest BCUT2D eigenvalue weighted by molar-refractivity contribution is 0.416. The summed E-state index contributed by atoms with van der Waals surface area (Å²) in [6, 6.07) is 16.5. The summed E-state index contributed by atoms with van der Waals surface area (Å²) in [5.41, 5.74) is 4.77. The van der Waals surface area contributed by atoms with Crippen molar-refractivity contribution in [3.05, 3.63) is 60.3 Å². The van der Waals surface area contributed by atoms with Gasteiger partial charge >= 0.3 is 0 Å². The van der Waals surface area contributed by atoms with Gasteiger partial charge < -0.3 is 10.1 Å². The fourth-order valence-electron chi connectivity index (χ4n) is 2.65. The van der Waals surface area contributed by atoms with E-state index in [1.165, 1.54) is 24.1 Å². The number of rotatable bonds is 4. The molecule has 0 radical (unpaired) electrons. The van der Waals surface area contributed by atoms with Crippen molar-refractivity contribution >= 4 is 5.69 Å². The number of ether oxygens (including phenoxy) is 1. The molecule has 20 heavy (non-hydrogen) atoms. The highest BCUT2D eigenvalue weighted by molar-refractivity contribution is 5.82. The molecular weight excluding hydrogens is 246 g/mol. The summed E-state index contributed by atoms with van der Waals surface area (Å²) in [5.74, 6) is 0.905. The molecule has 0 spiro atoms. The topological polar surface area (TPSA) is 21.3 Å². The molecule has 0 aromatic heterocycles. The number of hydrogen-bond acceptors (Lipinski definition) is 2. The van der Waals surface area contributed by atoms with E-state index in [0.717, 1.165) is 23.4 Å². The summed E-state index contributed by atoms with van der Waals surface area (Å²) in [6.45, 7) is 0. The maximum atomic E-state index is 5.48. The van der Waals surface area contributed by atoms with Gasteiger partial charge in [0.15, 0.2) is 0 Å². The van der Waals surface area contributed by atoms with E-state index in [4.69, 9.17) is 4.74 Å². The lowest BCUT2D eigenvalue weighted by Crippen LogP contribution is -1.99. The molecule has 0 bridgehead atoms. The second-order valence-corrected chi connectivity index (χ2v) is 4.99. The first-order chi connectivity index (χ1) is 9.88. The van der Waals surface area contributed by atoms with Crippen LogP contribution in [0.3, 0.4) is 0 Å². The molecule has 102 valence electrons. The maximum Gasteiger partial charge on any atom is 0.126 e. The van der Waals surface area contributed by atoms with Crippen molar-refractivity contribution in [1.29, 1.82) is 0 Å². The molecule has 3 rings (SSSR count). The monoisotopic (exact) mass is 265 g/mol. The van der Waals surface area contributed by atoms with Crippen molar-refractivity contribution in [1.82, 2.24) is 0 Å². The van der Waals surface area contributed by atoms with Gasteiger partial charge in [0.2, 0.25) is 0 Å². The summed E-state index contributed by atoms with van der Waals surface area (Å²) in [6.07, 6.45) is 5.86. The zero-order valence-electron chi connectivity index (χ0n) is 11.7. The van der Waals surface area contributed by atoms with Crippen LogP contribution in [-0.4, -0.2) is 7.11 Å². The first kappa shape index (κ1) is 12.8. The second-order valence-electron chi connectivity index (χ2n) is 4.99. The average Bonchev–Trinajstić information content (AvgIpc) is 3.01. The molecule has 0 fully saturated rings. The number of hydrogen-bond donors (Lipinski definition) is 1. The maximum absolute atomic E-state index is 5.48. The van der Waals surface area contributed by atoms with Crippen LogP contribution in [0, 0.1) is 0 Å². The zero-order chi connectivity index (χ0) is 13.8. The average molecular weight is 265 g/mol. The minimum Gasteiger partial charge on any atom is -0.496 e. The predicted octanol–water partition coefficient (Wildman–Crippen LogP) is 4.84. The normalized spacial score (nSPS) is 13.9. The van der Waals surface area contributed by atoms with Gasteiger partial charge in [-0.3, -0.25) is 0 Å². The molecule has 0 heterocycles. The molecule has 0 amide bonds. The smallest absolute Gasteiger partial charge is 0.126 e. The summed E-state index contributed by atoms with van der Waals surface area (Å²) in [7, 11) is 1.72. The molecule has 0 saturated carbocycles. The largest absolute Gasteiger partial charge is 0.496 e. The van der Waals surface area contributed by atoms with Crippen molar-refractivity contribution < 1.29 is 4.74 Å². The minimum atomic E-state index is 0.905. The van der Waals surface area contributed by atoms with Crippen LogP contribution < -0.4 is 10.1 Å². The van der Waals surface area contributed by atoms with E-state index >= 15 is 0 Å². The van der Waals surface area contributed by atoms with Gasteiger partial charge in [-0.25, -0.2) is 0 Å². The Morgan fingerprint density at radius 2 is 1.70 bits per heavy atom. The van der Waals surface area contributed by atoms with Crippen LogP contribution in [-0.2, 0) is 0 Å². The highest BCUT2D eigenvalue weighted by atomic mass is 16.5. The lowest BCUT2D eigenvalue weighted by atomic mass is 10.0. The van der Waals surface area contributed by atoms with Crippen molar-refractivity contribution in [2.24, 2.45) is 0 Å². The summed E-state index contributed by atoms with van der Waals surface area (Å²) >= 11 is 0. The number of anilines is 1. The Balaban J connectivity index is 2.00. The van der Waals surface area contributed by atoms with E-state index in [9.17, 15) is 0 Å². The molecule has 0 atom stereocenters. The molecular formula is C18H19NO. The van der Waals surface area contributed by atoms with Gasteiger partial charge in [-0.05, 0) is 31.4 Å². The van der Waals surface area contributed by atoms with Gasteiger partial charge in [0.05, 0.1) is 7.11 Å². The number of methoxy groups -OCH3 is 1. The minimum absolute atomic E-state index is 0.905. The molecule has 2 aromatic carbocycles. The van der Waals surface area contributed by atoms with Crippen LogP contribution in [0.25, 0.3) is 11.1 Å². The molecule has 0 aliphatic heterocycles. The van der Waals surface area contributed by atoms with Crippen LogP contribution in [0.2, 0.25) is 0 Å². The number of allylic oxidation sites excluding steroid dienone is 2. The van der Waals surface area contributed by atoms with E-state index in [2.05, 4.69) is 41.7 Å². The van der Waals surface area contributed by atoms with Gasteiger partial charge in [0.1, 0.15) is 5.75 Å². The third-order valence-corrected chi connectivity index (χ3v) is 3.66. The molecule has 2 aromatic rings. The van der Waals surface area contributed by atoms with Crippen LogP contribution >= 0.6 is 0 Å². The summed E-state index contributed by atoms with van der Waals surface area (Å²) in [4.78, 5) is 0. The summed E-state index contributed by atoms with van der Waals surface area (Å²) in [5, 5.41) is 3.56. The first-order valence-corrected chi connectivity index (χ1v) is 7.07. The fourth-order valence-corrected chi connectivity index (χ4v) is 2.65. The Bertz CT molecular complexity index is 631. The highest BCUT2D eigenvalue weighted by Crippen LogP contribution is 2.35. The van der Waals surface area contributed by atoms with E-state index in [1.54, 1.807) is 7.11 Å². The van der Waals surface area contributed by atoms with Crippen molar-refractivity contribution in [2.45, 2.75) is 19.3 Å². The Morgan fingerprint density at radius 1 is 0.950 bits per heavy atom. The standard InChI is InChI=1S/C18H19NO/c1-20-18-13-7-5-11-16(18)15-10-4-6-12-17(15)19-14-8-2-3-9-14/h4-8,10-13,19H,2-3,9H2,1H3. The molecule has 1 aliphatic carbocycles. The SMILES string of the molecule is COc1ccccc1-c1ccccc1NC1=CCCC1. The zero-order valence-corrected chi connectivity index (χ0v) is 11.7. The Hall–Kier alpha value is -2.22. The number of nitrogens with one attached hydrogen (secondary N) is 1. The third-order valence-electron chi connectivity index (χ3n) is 3.66. The second kappa shape index (κ2) is 5.83. The molecule has 2 heteroatoms. The molecule has 1 aliphatic rings. The van der Waals surface area contributed by atoms with E-state index in [0.29, 0.717) is 0 Å². The lowest BCUT2D eigenvalue weighted by Gasteiger charge is -2.15. The molecule has 1 N–H and O–H groups in total. The quantitative estimate of drug-likeness (QED) is 0.854. The van der Waals surface area contributed by atoms with Crippen molar-refractivity contribution in [3.8, 4) is 16.9 Å². The van der Waals surface area contributed by atoms with Crippen molar-refractivity contribution in [2.75, 3.05) is 12.4 Å². The van der Waals surface area contributed by atoms with Gasteiger partial charge in [0.25, 0.3) is 0 Å². The number of para-hydroxylation sites is 2. The highest BCUT2D eigenvalue weighted by Gasteiger charge is 2.11. The predicted molar refractivity (Wildman–Crippen MR) is 84.0 cm³/mol. The Morgan fingerprint density at radius 3 is 2.45 bits per heavy atom. The van der Waals surface area contributed by atoms with Crippen LogP contribution in [0.1, 0.15) is 19.3 Å². The summed E-state index contributed by atoms with van der Waals surface area (Å²) < 4.78 is 5.48. The van der Waals surface area contributed by atoms with Crippen LogP contribution in [0.4, 0.5) is 5.69 Å². The Labute approximate surface area is 120 Å². The number of benzene rings is 2. The van der Waals surface area contributed by atoms with Gasteiger partial charge in [-0.1, -0.05) is 42.5 Å². The van der Waals surface area contributed by atoms with Crippen LogP contribution in [0.15, 0.2) is 60.3 Å². The van der Waals surface area contributed by atoms with Crippen molar-refractivity contribution in [3.63, 3.8) is 0 Å². The molecule has 2 nitrogen and oxygen atoms in total. The van der Waals surface area contributed by atoms with E-state index < -0.39 is 0 Å². The van der Waals surface area contributed by atoms with E-state index in [-0.39, 0.29) is 0 Å². The van der Waals surface area contributed by atoms with Gasteiger partial charge in [-0.15, -0.1) is 0 Å². The molecule has 0 unspecified atom stereocenters. The fraction of sp³-hybridized carbons (Fsp3) is 0.222.